The first-order valence-electron chi connectivity index (χ1n) is 10.9. The van der Waals surface area contributed by atoms with E-state index in [9.17, 15) is 0 Å². The van der Waals surface area contributed by atoms with Crippen molar-refractivity contribution in [3.8, 4) is 17.1 Å². The first-order chi connectivity index (χ1) is 15.4. The maximum absolute atomic E-state index is 6.33. The van der Waals surface area contributed by atoms with Gasteiger partial charge in [-0.15, -0.1) is 0 Å². The maximum atomic E-state index is 6.33. The quantitative estimate of drug-likeness (QED) is 0.418. The monoisotopic (exact) mass is 447 g/mol. The molecule has 0 saturated heterocycles. The van der Waals surface area contributed by atoms with E-state index < -0.39 is 0 Å². The third-order valence-corrected chi connectivity index (χ3v) is 6.51. The number of hydrogen-bond donors (Lipinski definition) is 1. The fourth-order valence-corrected chi connectivity index (χ4v) is 3.99. The number of hydrogen-bond acceptors (Lipinski definition) is 5. The Morgan fingerprint density at radius 1 is 1.03 bits per heavy atom. The molecule has 1 saturated carbocycles. The molecule has 0 atom stereocenters. The lowest BCUT2D eigenvalue weighted by Gasteiger charge is -2.11. The number of rotatable bonds is 6. The lowest BCUT2D eigenvalue weighted by atomic mass is 10.1. The molecule has 0 spiro atoms. The molecule has 5 rings (SSSR count). The molecule has 32 heavy (non-hydrogen) atoms. The van der Waals surface area contributed by atoms with Crippen LogP contribution >= 0.6 is 11.6 Å². The Bertz CT molecular complexity index is 1280. The fraction of sp³-hybridized carbons (Fsp3) is 0.333. The minimum Gasteiger partial charge on any atom is -0.325 e. The normalized spacial score (nSPS) is 13.5. The molecule has 164 valence electrons. The summed E-state index contributed by atoms with van der Waals surface area (Å²) in [7, 11) is 0. The molecule has 7 nitrogen and oxygen atoms in total. The van der Waals surface area contributed by atoms with E-state index in [4.69, 9.17) is 16.7 Å². The summed E-state index contributed by atoms with van der Waals surface area (Å²) in [5.74, 6) is 3.01. The van der Waals surface area contributed by atoms with Gasteiger partial charge in [0.05, 0.1) is 22.1 Å². The number of anilines is 2. The molecule has 1 fully saturated rings. The van der Waals surface area contributed by atoms with Gasteiger partial charge in [-0.25, -0.2) is 19.3 Å². The Balaban J connectivity index is 1.52. The number of aryl methyl sites for hydroxylation is 2. The average Bonchev–Trinajstić information content (AvgIpc) is 3.51. The highest BCUT2D eigenvalue weighted by Gasteiger charge is 2.25. The summed E-state index contributed by atoms with van der Waals surface area (Å²) >= 11 is 6.33. The molecule has 4 aromatic rings. The van der Waals surface area contributed by atoms with E-state index in [1.807, 2.05) is 19.9 Å². The Labute approximate surface area is 192 Å². The molecule has 1 N–H and O–H groups in total. The van der Waals surface area contributed by atoms with Crippen molar-refractivity contribution in [1.82, 2.24) is 29.5 Å². The van der Waals surface area contributed by atoms with Gasteiger partial charge >= 0.3 is 0 Å². The van der Waals surface area contributed by atoms with Crippen LogP contribution in [0.1, 0.15) is 35.4 Å². The summed E-state index contributed by atoms with van der Waals surface area (Å²) in [6.45, 7) is 8.92. The highest BCUT2D eigenvalue weighted by Crippen LogP contribution is 2.35. The van der Waals surface area contributed by atoms with Gasteiger partial charge in [0.15, 0.2) is 5.82 Å². The van der Waals surface area contributed by atoms with Gasteiger partial charge in [-0.2, -0.15) is 10.2 Å². The summed E-state index contributed by atoms with van der Waals surface area (Å²) in [5, 5.41) is 13.6. The zero-order chi connectivity index (χ0) is 22.4. The number of benzene rings is 1. The predicted molar refractivity (Wildman–Crippen MR) is 127 cm³/mol. The van der Waals surface area contributed by atoms with Crippen molar-refractivity contribution in [1.29, 1.82) is 0 Å². The summed E-state index contributed by atoms with van der Waals surface area (Å²) in [5.41, 5.74) is 6.08. The molecule has 3 heterocycles. The van der Waals surface area contributed by atoms with Gasteiger partial charge < -0.3 is 5.32 Å². The van der Waals surface area contributed by atoms with Gasteiger partial charge in [0.2, 0.25) is 0 Å². The standard InChI is InChI=1S/C24H26ClN7/c1-14-5-9-19(10-6-14)23-15(2)24(31(30-23)12-18-7-8-18)28-20-11-21(27-13-26-20)32-17(4)22(25)16(3)29-32/h5-6,9-11,13,18H,7-8,12H2,1-4H3,(H,26,27,28). The first kappa shape index (κ1) is 20.7. The molecule has 1 aromatic carbocycles. The van der Waals surface area contributed by atoms with Crippen molar-refractivity contribution in [2.45, 2.75) is 47.1 Å². The first-order valence-corrected chi connectivity index (χ1v) is 11.2. The lowest BCUT2D eigenvalue weighted by Crippen LogP contribution is -2.09. The fourth-order valence-electron chi connectivity index (χ4n) is 3.87. The smallest absolute Gasteiger partial charge is 0.159 e. The van der Waals surface area contributed by atoms with Gasteiger partial charge in [0, 0.05) is 23.7 Å². The average molecular weight is 448 g/mol. The summed E-state index contributed by atoms with van der Waals surface area (Å²) in [6, 6.07) is 10.4. The maximum Gasteiger partial charge on any atom is 0.159 e. The minimum atomic E-state index is 0.652. The van der Waals surface area contributed by atoms with E-state index in [1.54, 1.807) is 11.0 Å². The van der Waals surface area contributed by atoms with E-state index in [0.717, 1.165) is 40.6 Å². The minimum absolute atomic E-state index is 0.652. The summed E-state index contributed by atoms with van der Waals surface area (Å²) in [4.78, 5) is 8.85. The molecule has 3 aromatic heterocycles. The van der Waals surface area contributed by atoms with E-state index in [1.165, 1.54) is 18.4 Å². The number of nitrogens with one attached hydrogen (secondary N) is 1. The van der Waals surface area contributed by atoms with E-state index in [-0.39, 0.29) is 0 Å². The molecule has 1 aliphatic carbocycles. The second kappa shape index (κ2) is 8.06. The third kappa shape index (κ3) is 3.88. The topological polar surface area (TPSA) is 73.5 Å². The van der Waals surface area contributed by atoms with Crippen molar-refractivity contribution in [2.75, 3.05) is 5.32 Å². The summed E-state index contributed by atoms with van der Waals surface area (Å²) in [6.07, 6.45) is 4.06. The molecule has 8 heteroatoms. The lowest BCUT2D eigenvalue weighted by molar-refractivity contribution is 0.571. The number of nitrogens with zero attached hydrogens (tertiary/aromatic N) is 6. The van der Waals surface area contributed by atoms with Crippen LogP contribution in [0.4, 0.5) is 11.6 Å². The van der Waals surface area contributed by atoms with Gasteiger partial charge in [-0.05, 0) is 46.5 Å². The number of aromatic nitrogens is 6. The van der Waals surface area contributed by atoms with Gasteiger partial charge in [0.25, 0.3) is 0 Å². The van der Waals surface area contributed by atoms with Crippen molar-refractivity contribution in [3.63, 3.8) is 0 Å². The van der Waals surface area contributed by atoms with Gasteiger partial charge in [0.1, 0.15) is 18.0 Å². The van der Waals surface area contributed by atoms with Crippen LogP contribution in [0.25, 0.3) is 17.1 Å². The van der Waals surface area contributed by atoms with Crippen molar-refractivity contribution in [2.24, 2.45) is 5.92 Å². The molecule has 0 bridgehead atoms. The van der Waals surface area contributed by atoms with E-state index in [0.29, 0.717) is 22.6 Å². The van der Waals surface area contributed by atoms with E-state index in [2.05, 4.69) is 63.2 Å². The molecule has 0 unspecified atom stereocenters. The Morgan fingerprint density at radius 2 is 1.78 bits per heavy atom. The van der Waals surface area contributed by atoms with Gasteiger partial charge in [-0.3, -0.25) is 0 Å². The largest absolute Gasteiger partial charge is 0.325 e. The summed E-state index contributed by atoms with van der Waals surface area (Å²) < 4.78 is 3.83. The number of halogens is 1. The van der Waals surface area contributed by atoms with E-state index >= 15 is 0 Å². The highest BCUT2D eigenvalue weighted by atomic mass is 35.5. The predicted octanol–water partition coefficient (Wildman–Crippen LogP) is 5.57. The van der Waals surface area contributed by atoms with Crippen LogP contribution in [0.3, 0.4) is 0 Å². The van der Waals surface area contributed by atoms with Crippen LogP contribution in [0.15, 0.2) is 36.7 Å². The van der Waals surface area contributed by atoms with Crippen LogP contribution in [0.5, 0.6) is 0 Å². The van der Waals surface area contributed by atoms with Crippen LogP contribution in [0, 0.1) is 33.6 Å². The molecular weight excluding hydrogens is 422 g/mol. The zero-order valence-corrected chi connectivity index (χ0v) is 19.5. The van der Waals surface area contributed by atoms with Crippen molar-refractivity contribution < 1.29 is 0 Å². The molecular formula is C24H26ClN7. The Morgan fingerprint density at radius 3 is 2.44 bits per heavy atom. The van der Waals surface area contributed by atoms with Crippen molar-refractivity contribution in [3.05, 3.63) is 64.2 Å². The highest BCUT2D eigenvalue weighted by molar-refractivity contribution is 6.31. The SMILES string of the molecule is Cc1ccc(-c2nn(CC3CC3)c(Nc3cc(-n4nc(C)c(Cl)c4C)ncn3)c2C)cc1. The Kier molecular flexibility index (Phi) is 5.21. The van der Waals surface area contributed by atoms with Crippen LogP contribution in [0.2, 0.25) is 5.02 Å². The zero-order valence-electron chi connectivity index (χ0n) is 18.7. The molecule has 0 radical (unpaired) electrons. The second-order valence-electron chi connectivity index (χ2n) is 8.60. The second-order valence-corrected chi connectivity index (χ2v) is 8.97. The Hall–Kier alpha value is -3.19. The van der Waals surface area contributed by atoms with Crippen molar-refractivity contribution >= 4 is 23.2 Å². The van der Waals surface area contributed by atoms with Crippen LogP contribution in [-0.2, 0) is 6.54 Å². The van der Waals surface area contributed by atoms with Crippen LogP contribution in [-0.4, -0.2) is 29.5 Å². The molecule has 1 aliphatic rings. The van der Waals surface area contributed by atoms with Crippen LogP contribution < -0.4 is 5.32 Å². The van der Waals surface area contributed by atoms with Gasteiger partial charge in [-0.1, -0.05) is 41.4 Å². The molecule has 0 aliphatic heterocycles. The third-order valence-electron chi connectivity index (χ3n) is 5.96. The molecule has 0 amide bonds.